The van der Waals surface area contributed by atoms with Gasteiger partial charge in [-0.2, -0.15) is 0 Å². The topological polar surface area (TPSA) is 72.2 Å². The highest BCUT2D eigenvalue weighted by molar-refractivity contribution is 6.31. The van der Waals surface area contributed by atoms with E-state index in [9.17, 15) is 14.9 Å². The number of amides is 1. The molecular weight excluding hydrogens is 280 g/mol. The summed E-state index contributed by atoms with van der Waals surface area (Å²) in [5.74, 6) is -0.306. The van der Waals surface area contributed by atoms with Crippen molar-refractivity contribution in [3.05, 3.63) is 74.8 Å². The van der Waals surface area contributed by atoms with Gasteiger partial charge in [-0.15, -0.1) is 0 Å². The number of nitrogens with one attached hydrogen (secondary N) is 1. The van der Waals surface area contributed by atoms with E-state index < -0.39 is 4.92 Å². The molecule has 0 aliphatic carbocycles. The number of nitro benzene ring substituents is 1. The average Bonchev–Trinajstić information content (AvgIpc) is 2.46. The number of nitro groups is 1. The Morgan fingerprint density at radius 3 is 2.40 bits per heavy atom. The third-order valence-corrected chi connectivity index (χ3v) is 3.11. The molecule has 0 saturated heterocycles. The van der Waals surface area contributed by atoms with E-state index in [2.05, 4.69) is 5.32 Å². The van der Waals surface area contributed by atoms with Crippen LogP contribution >= 0.6 is 11.6 Å². The summed E-state index contributed by atoms with van der Waals surface area (Å²) >= 11 is 5.98. The van der Waals surface area contributed by atoms with E-state index in [1.54, 1.807) is 6.07 Å². The van der Waals surface area contributed by atoms with Crippen molar-refractivity contribution in [1.82, 2.24) is 5.32 Å². The Morgan fingerprint density at radius 2 is 1.80 bits per heavy atom. The third kappa shape index (κ3) is 3.33. The average molecular weight is 291 g/mol. The highest BCUT2D eigenvalue weighted by atomic mass is 35.5. The zero-order chi connectivity index (χ0) is 14.5. The number of non-ortho nitro benzene ring substituents is 1. The lowest BCUT2D eigenvalue weighted by Gasteiger charge is -2.06. The van der Waals surface area contributed by atoms with Crippen LogP contribution in [0.25, 0.3) is 0 Å². The molecule has 0 atom stereocenters. The summed E-state index contributed by atoms with van der Waals surface area (Å²) in [5.41, 5.74) is 1.12. The van der Waals surface area contributed by atoms with Crippen LogP contribution in [0.15, 0.2) is 48.5 Å². The molecule has 2 aromatic carbocycles. The van der Waals surface area contributed by atoms with E-state index in [-0.39, 0.29) is 11.6 Å². The number of carbonyl (C=O) groups excluding carboxylic acids is 1. The van der Waals surface area contributed by atoms with Crippen LogP contribution in [-0.4, -0.2) is 10.8 Å². The molecule has 0 aliphatic rings. The highest BCUT2D eigenvalue weighted by Crippen LogP contribution is 2.15. The summed E-state index contributed by atoms with van der Waals surface area (Å²) in [5, 5.41) is 13.8. The molecule has 0 spiro atoms. The first kappa shape index (κ1) is 14.0. The fraction of sp³-hybridized carbons (Fsp3) is 0.0714. The van der Waals surface area contributed by atoms with Crippen molar-refractivity contribution < 1.29 is 9.72 Å². The van der Waals surface area contributed by atoms with Gasteiger partial charge in [0, 0.05) is 29.3 Å². The van der Waals surface area contributed by atoms with Gasteiger partial charge >= 0.3 is 0 Å². The number of carbonyl (C=O) groups is 1. The predicted molar refractivity (Wildman–Crippen MR) is 75.7 cm³/mol. The van der Waals surface area contributed by atoms with Crippen molar-refractivity contribution in [1.29, 1.82) is 0 Å². The molecule has 2 rings (SSSR count). The molecule has 6 heteroatoms. The Hall–Kier alpha value is -2.40. The van der Waals surface area contributed by atoms with Crippen molar-refractivity contribution in [2.45, 2.75) is 6.54 Å². The molecule has 0 bridgehead atoms. The van der Waals surface area contributed by atoms with E-state index in [4.69, 9.17) is 11.6 Å². The first-order chi connectivity index (χ1) is 9.58. The van der Waals surface area contributed by atoms with Crippen LogP contribution in [0, 0.1) is 10.1 Å². The lowest BCUT2D eigenvalue weighted by atomic mass is 10.2. The first-order valence-corrected chi connectivity index (χ1v) is 6.22. The van der Waals surface area contributed by atoms with Gasteiger partial charge in [-0.05, 0) is 23.8 Å². The van der Waals surface area contributed by atoms with Gasteiger partial charge in [0.2, 0.25) is 0 Å². The SMILES string of the molecule is O=C(NCc1ccccc1Cl)c1ccc([N+](=O)[O-])cc1. The Labute approximate surface area is 120 Å². The zero-order valence-corrected chi connectivity index (χ0v) is 11.1. The van der Waals surface area contributed by atoms with Gasteiger partial charge in [-0.25, -0.2) is 0 Å². The van der Waals surface area contributed by atoms with E-state index in [1.165, 1.54) is 24.3 Å². The van der Waals surface area contributed by atoms with Crippen LogP contribution < -0.4 is 5.32 Å². The maximum absolute atomic E-state index is 11.9. The highest BCUT2D eigenvalue weighted by Gasteiger charge is 2.09. The second-order valence-corrected chi connectivity index (χ2v) is 4.49. The molecule has 0 unspecified atom stereocenters. The molecule has 0 fully saturated rings. The molecule has 0 radical (unpaired) electrons. The van der Waals surface area contributed by atoms with E-state index in [0.29, 0.717) is 17.1 Å². The van der Waals surface area contributed by atoms with E-state index in [0.717, 1.165) is 5.56 Å². The Bertz CT molecular complexity index is 641. The van der Waals surface area contributed by atoms with Gasteiger partial charge in [-0.1, -0.05) is 29.8 Å². The predicted octanol–water partition coefficient (Wildman–Crippen LogP) is 3.18. The first-order valence-electron chi connectivity index (χ1n) is 5.84. The fourth-order valence-corrected chi connectivity index (χ4v) is 1.86. The summed E-state index contributed by atoms with van der Waals surface area (Å²) in [6, 6.07) is 12.6. The van der Waals surface area contributed by atoms with Gasteiger partial charge < -0.3 is 5.32 Å². The van der Waals surface area contributed by atoms with Gasteiger partial charge in [0.25, 0.3) is 11.6 Å². The number of nitrogens with zero attached hydrogens (tertiary/aromatic N) is 1. The Balaban J connectivity index is 2.02. The molecule has 0 aromatic heterocycles. The van der Waals surface area contributed by atoms with Crippen LogP contribution in [0.4, 0.5) is 5.69 Å². The van der Waals surface area contributed by atoms with Crippen molar-refractivity contribution in [2.75, 3.05) is 0 Å². The molecule has 0 heterocycles. The molecule has 5 nitrogen and oxygen atoms in total. The lowest BCUT2D eigenvalue weighted by Crippen LogP contribution is -2.22. The van der Waals surface area contributed by atoms with Crippen molar-refractivity contribution in [3.63, 3.8) is 0 Å². The maximum atomic E-state index is 11.9. The van der Waals surface area contributed by atoms with E-state index >= 15 is 0 Å². The molecular formula is C14H11ClN2O3. The number of benzene rings is 2. The van der Waals surface area contributed by atoms with Crippen LogP contribution in [0.3, 0.4) is 0 Å². The van der Waals surface area contributed by atoms with E-state index in [1.807, 2.05) is 18.2 Å². The summed E-state index contributed by atoms with van der Waals surface area (Å²) in [6.45, 7) is 0.301. The Kier molecular flexibility index (Phi) is 4.32. The number of rotatable bonds is 4. The molecule has 1 N–H and O–H groups in total. The minimum Gasteiger partial charge on any atom is -0.348 e. The summed E-state index contributed by atoms with van der Waals surface area (Å²) in [7, 11) is 0. The van der Waals surface area contributed by atoms with Crippen molar-refractivity contribution in [3.8, 4) is 0 Å². The van der Waals surface area contributed by atoms with Crippen LogP contribution in [0.5, 0.6) is 0 Å². The molecule has 20 heavy (non-hydrogen) atoms. The number of hydrogen-bond acceptors (Lipinski definition) is 3. The van der Waals surface area contributed by atoms with Crippen molar-refractivity contribution >= 4 is 23.2 Å². The van der Waals surface area contributed by atoms with Crippen molar-refractivity contribution in [2.24, 2.45) is 0 Å². The van der Waals surface area contributed by atoms with Gasteiger partial charge in [0.1, 0.15) is 0 Å². The molecule has 102 valence electrons. The molecule has 2 aromatic rings. The zero-order valence-electron chi connectivity index (χ0n) is 10.4. The van der Waals surface area contributed by atoms with Crippen LogP contribution in [0.1, 0.15) is 15.9 Å². The molecule has 0 saturated carbocycles. The smallest absolute Gasteiger partial charge is 0.269 e. The molecule has 1 amide bonds. The van der Waals surface area contributed by atoms with Gasteiger partial charge in [-0.3, -0.25) is 14.9 Å². The number of hydrogen-bond donors (Lipinski definition) is 1. The Morgan fingerprint density at radius 1 is 1.15 bits per heavy atom. The summed E-state index contributed by atoms with van der Waals surface area (Å²) < 4.78 is 0. The maximum Gasteiger partial charge on any atom is 0.269 e. The standard InChI is InChI=1S/C14H11ClN2O3/c15-13-4-2-1-3-11(13)9-16-14(18)10-5-7-12(8-6-10)17(19)20/h1-8H,9H2,(H,16,18). The largest absolute Gasteiger partial charge is 0.348 e. The fourth-order valence-electron chi connectivity index (χ4n) is 1.65. The molecule has 0 aliphatic heterocycles. The van der Waals surface area contributed by atoms with Gasteiger partial charge in [0.05, 0.1) is 4.92 Å². The van der Waals surface area contributed by atoms with Crippen LogP contribution in [-0.2, 0) is 6.54 Å². The lowest BCUT2D eigenvalue weighted by molar-refractivity contribution is -0.384. The summed E-state index contributed by atoms with van der Waals surface area (Å²) in [6.07, 6.45) is 0. The number of halogens is 1. The minimum absolute atomic E-state index is 0.0485. The van der Waals surface area contributed by atoms with Gasteiger partial charge in [0.15, 0.2) is 0 Å². The normalized spacial score (nSPS) is 10.1. The monoisotopic (exact) mass is 290 g/mol. The second-order valence-electron chi connectivity index (χ2n) is 4.08. The minimum atomic E-state index is -0.509. The second kappa shape index (κ2) is 6.16. The third-order valence-electron chi connectivity index (χ3n) is 2.74. The summed E-state index contributed by atoms with van der Waals surface area (Å²) in [4.78, 5) is 21.9. The van der Waals surface area contributed by atoms with Crippen LogP contribution in [0.2, 0.25) is 5.02 Å². The quantitative estimate of drug-likeness (QED) is 0.694.